The number of hydrogen-bond acceptors (Lipinski definition) is 3. The molecule has 0 radical (unpaired) electrons. The summed E-state index contributed by atoms with van der Waals surface area (Å²) in [4.78, 5) is 29.8. The summed E-state index contributed by atoms with van der Waals surface area (Å²) in [5.41, 5.74) is 0.919. The fourth-order valence-electron chi connectivity index (χ4n) is 2.91. The number of nitrogens with zero attached hydrogens (tertiary/aromatic N) is 2. The molecule has 2 aliphatic rings. The van der Waals surface area contributed by atoms with Crippen molar-refractivity contribution in [2.75, 3.05) is 31.6 Å². The second-order valence-electron chi connectivity index (χ2n) is 6.45. The average Bonchev–Trinajstić information content (AvgIpc) is 3.41. The molecule has 1 atom stereocenters. The van der Waals surface area contributed by atoms with Gasteiger partial charge in [0.2, 0.25) is 11.8 Å². The van der Waals surface area contributed by atoms with Gasteiger partial charge in [-0.2, -0.15) is 0 Å². The minimum absolute atomic E-state index is 0. The lowest BCUT2D eigenvalue weighted by Gasteiger charge is -2.19. The quantitative estimate of drug-likeness (QED) is 0.251. The van der Waals surface area contributed by atoms with Crippen LogP contribution in [0, 0.1) is 5.92 Å². The third-order valence-electron chi connectivity index (χ3n) is 4.42. The predicted molar refractivity (Wildman–Crippen MR) is 113 cm³/mol. The number of halogens is 1. The Bertz CT molecular complexity index is 648. The maximum absolute atomic E-state index is 12.2. The lowest BCUT2D eigenvalue weighted by Crippen LogP contribution is -2.46. The average molecular weight is 471 g/mol. The Morgan fingerprint density at radius 1 is 1.19 bits per heavy atom. The Morgan fingerprint density at radius 3 is 2.54 bits per heavy atom. The molecule has 2 amide bonds. The third-order valence-corrected chi connectivity index (χ3v) is 4.42. The molecule has 0 bridgehead atoms. The molecule has 8 heteroatoms. The van der Waals surface area contributed by atoms with E-state index in [1.54, 1.807) is 11.9 Å². The molecule has 1 heterocycles. The first-order valence-electron chi connectivity index (χ1n) is 8.77. The molecule has 3 N–H and O–H groups in total. The Kier molecular flexibility index (Phi) is 7.67. The van der Waals surface area contributed by atoms with Gasteiger partial charge in [-0.3, -0.25) is 14.6 Å². The van der Waals surface area contributed by atoms with Gasteiger partial charge in [-0.05, 0) is 25.0 Å². The number of anilines is 1. The standard InChI is InChI=1S/C18H25N5O2.HI/c1-19-18(21-10-9-20-17(25)13-7-8-13)22-14-11-16(24)23(12-14)15-5-3-2-4-6-15;/h2-6,13-14H,7-12H2,1H3,(H,20,25)(H2,19,21,22);1H. The molecule has 142 valence electrons. The van der Waals surface area contributed by atoms with E-state index in [9.17, 15) is 9.59 Å². The molecule has 1 aromatic carbocycles. The number of amides is 2. The summed E-state index contributed by atoms with van der Waals surface area (Å²) in [5, 5.41) is 9.36. The van der Waals surface area contributed by atoms with Gasteiger partial charge in [0.15, 0.2) is 5.96 Å². The van der Waals surface area contributed by atoms with Gasteiger partial charge in [0.25, 0.3) is 0 Å². The molecule has 7 nitrogen and oxygen atoms in total. The summed E-state index contributed by atoms with van der Waals surface area (Å²) >= 11 is 0. The van der Waals surface area contributed by atoms with Crippen LogP contribution in [-0.4, -0.2) is 50.5 Å². The van der Waals surface area contributed by atoms with Crippen molar-refractivity contribution in [2.24, 2.45) is 10.9 Å². The van der Waals surface area contributed by atoms with Crippen LogP contribution in [0.5, 0.6) is 0 Å². The molecule has 1 aromatic rings. The van der Waals surface area contributed by atoms with Crippen molar-refractivity contribution in [3.05, 3.63) is 30.3 Å². The summed E-state index contributed by atoms with van der Waals surface area (Å²) in [6.45, 7) is 1.78. The normalized spacial score (nSPS) is 19.7. The smallest absolute Gasteiger partial charge is 0.229 e. The van der Waals surface area contributed by atoms with Crippen LogP contribution in [-0.2, 0) is 9.59 Å². The van der Waals surface area contributed by atoms with Crippen molar-refractivity contribution in [1.29, 1.82) is 0 Å². The molecule has 1 saturated carbocycles. The fraction of sp³-hybridized carbons (Fsp3) is 0.500. The first-order chi connectivity index (χ1) is 12.2. The Hall–Kier alpha value is -1.84. The van der Waals surface area contributed by atoms with Crippen molar-refractivity contribution >= 4 is 47.4 Å². The van der Waals surface area contributed by atoms with Crippen molar-refractivity contribution in [1.82, 2.24) is 16.0 Å². The van der Waals surface area contributed by atoms with Gasteiger partial charge in [-0.25, -0.2) is 0 Å². The largest absolute Gasteiger partial charge is 0.355 e. The number of aliphatic imine (C=N–C) groups is 1. The van der Waals surface area contributed by atoms with Crippen molar-refractivity contribution in [3.8, 4) is 0 Å². The van der Waals surface area contributed by atoms with Gasteiger partial charge >= 0.3 is 0 Å². The van der Waals surface area contributed by atoms with E-state index in [-0.39, 0.29) is 47.8 Å². The monoisotopic (exact) mass is 471 g/mol. The zero-order valence-electron chi connectivity index (χ0n) is 14.9. The zero-order valence-corrected chi connectivity index (χ0v) is 17.2. The Morgan fingerprint density at radius 2 is 1.88 bits per heavy atom. The van der Waals surface area contributed by atoms with Crippen LogP contribution in [0.4, 0.5) is 5.69 Å². The highest BCUT2D eigenvalue weighted by Crippen LogP contribution is 2.28. The van der Waals surface area contributed by atoms with E-state index in [0.717, 1.165) is 18.5 Å². The van der Waals surface area contributed by atoms with E-state index >= 15 is 0 Å². The molecule has 0 spiro atoms. The van der Waals surface area contributed by atoms with E-state index in [0.29, 0.717) is 32.0 Å². The lowest BCUT2D eigenvalue weighted by atomic mass is 10.2. The number of guanidine groups is 1. The van der Waals surface area contributed by atoms with Gasteiger partial charge < -0.3 is 20.9 Å². The molecule has 1 saturated heterocycles. The summed E-state index contributed by atoms with van der Waals surface area (Å²) in [6, 6.07) is 9.69. The maximum atomic E-state index is 12.2. The fourth-order valence-corrected chi connectivity index (χ4v) is 2.91. The minimum atomic E-state index is 0. The number of carbonyl (C=O) groups excluding carboxylic acids is 2. The molecule has 26 heavy (non-hydrogen) atoms. The molecule has 1 unspecified atom stereocenters. The molecule has 2 fully saturated rings. The summed E-state index contributed by atoms with van der Waals surface area (Å²) < 4.78 is 0. The number of benzene rings is 1. The molecule has 1 aliphatic heterocycles. The Labute approximate surface area is 171 Å². The SMILES string of the molecule is CN=C(NCCNC(=O)C1CC1)NC1CC(=O)N(c2ccccc2)C1.I. The van der Waals surface area contributed by atoms with Crippen LogP contribution < -0.4 is 20.9 Å². The lowest BCUT2D eigenvalue weighted by molar-refractivity contribution is -0.122. The predicted octanol–water partition coefficient (Wildman–Crippen LogP) is 1.10. The Balaban J connectivity index is 0.00000243. The maximum Gasteiger partial charge on any atom is 0.229 e. The van der Waals surface area contributed by atoms with Gasteiger partial charge in [0, 0.05) is 44.7 Å². The number of nitrogens with one attached hydrogen (secondary N) is 3. The zero-order chi connectivity index (χ0) is 17.6. The van der Waals surface area contributed by atoms with E-state index in [4.69, 9.17) is 0 Å². The van der Waals surface area contributed by atoms with Crippen LogP contribution in [0.3, 0.4) is 0 Å². The molecule has 1 aliphatic carbocycles. The molecular formula is C18H26IN5O2. The van der Waals surface area contributed by atoms with Crippen LogP contribution >= 0.6 is 24.0 Å². The van der Waals surface area contributed by atoms with Gasteiger partial charge in [-0.15, -0.1) is 24.0 Å². The van der Waals surface area contributed by atoms with Crippen molar-refractivity contribution in [2.45, 2.75) is 25.3 Å². The van der Waals surface area contributed by atoms with Crippen molar-refractivity contribution < 1.29 is 9.59 Å². The summed E-state index contributed by atoms with van der Waals surface area (Å²) in [7, 11) is 1.70. The number of para-hydroxylation sites is 1. The topological polar surface area (TPSA) is 85.8 Å². The van der Waals surface area contributed by atoms with Gasteiger partial charge in [0.1, 0.15) is 0 Å². The minimum Gasteiger partial charge on any atom is -0.355 e. The second-order valence-corrected chi connectivity index (χ2v) is 6.45. The van der Waals surface area contributed by atoms with Crippen LogP contribution in [0.2, 0.25) is 0 Å². The first kappa shape index (κ1) is 20.5. The third kappa shape index (κ3) is 5.58. The van der Waals surface area contributed by atoms with Crippen LogP contribution in [0.25, 0.3) is 0 Å². The van der Waals surface area contributed by atoms with Gasteiger partial charge in [-0.1, -0.05) is 18.2 Å². The number of rotatable bonds is 6. The molecular weight excluding hydrogens is 445 g/mol. The molecule has 0 aromatic heterocycles. The van der Waals surface area contributed by atoms with Crippen molar-refractivity contribution in [3.63, 3.8) is 0 Å². The van der Waals surface area contributed by atoms with E-state index in [2.05, 4.69) is 20.9 Å². The highest BCUT2D eigenvalue weighted by Gasteiger charge is 2.31. The highest BCUT2D eigenvalue weighted by atomic mass is 127. The highest BCUT2D eigenvalue weighted by molar-refractivity contribution is 14.0. The number of hydrogen-bond donors (Lipinski definition) is 3. The summed E-state index contributed by atoms with van der Waals surface area (Å²) in [5.74, 6) is 1.12. The van der Waals surface area contributed by atoms with E-state index < -0.39 is 0 Å². The summed E-state index contributed by atoms with van der Waals surface area (Å²) in [6.07, 6.45) is 2.46. The second kappa shape index (κ2) is 9.75. The first-order valence-corrected chi connectivity index (χ1v) is 8.77. The van der Waals surface area contributed by atoms with Crippen LogP contribution in [0.1, 0.15) is 19.3 Å². The van der Waals surface area contributed by atoms with Gasteiger partial charge in [0.05, 0.1) is 6.04 Å². The van der Waals surface area contributed by atoms with E-state index in [1.165, 1.54) is 0 Å². The van der Waals surface area contributed by atoms with E-state index in [1.807, 2.05) is 30.3 Å². The number of carbonyl (C=O) groups is 2. The van der Waals surface area contributed by atoms with Crippen LogP contribution in [0.15, 0.2) is 35.3 Å². The molecule has 3 rings (SSSR count).